The number of amides is 3. The maximum Gasteiger partial charge on any atom is 0.285 e. The normalized spacial score (nSPS) is 13.2. The van der Waals surface area contributed by atoms with Crippen LogP contribution in [-0.2, 0) is 11.4 Å². The second-order valence-electron chi connectivity index (χ2n) is 10.4. The zero-order valence-corrected chi connectivity index (χ0v) is 26.2. The number of pyridine rings is 1. The average molecular weight is 671 g/mol. The van der Waals surface area contributed by atoms with E-state index in [1.807, 2.05) is 43.3 Å². The molecule has 3 heterocycles. The number of rotatable bonds is 10. The van der Waals surface area contributed by atoms with Gasteiger partial charge in [-0.25, -0.2) is 4.98 Å². The van der Waals surface area contributed by atoms with Crippen LogP contribution in [0.5, 0.6) is 11.6 Å². The quantitative estimate of drug-likeness (QED) is 0.154. The minimum absolute atomic E-state index is 0.106. The SMILES string of the molecule is COc1ccc(CN(C(=O)c2ccc(Br)c(OC)n2)C(CON2C(=O)c3ccccc3C2=O)c2cc3cccc(C)c3o2)cc1. The lowest BCUT2D eigenvalue weighted by Crippen LogP contribution is -2.40. The summed E-state index contributed by atoms with van der Waals surface area (Å²) in [7, 11) is 3.04. The molecule has 45 heavy (non-hydrogen) atoms. The Labute approximate surface area is 267 Å². The fraction of sp³-hybridized carbons (Fsp3) is 0.176. The fourth-order valence-corrected chi connectivity index (χ4v) is 5.61. The van der Waals surface area contributed by atoms with Crippen LogP contribution in [0.2, 0.25) is 0 Å². The first-order chi connectivity index (χ1) is 21.8. The molecule has 0 radical (unpaired) electrons. The molecular weight excluding hydrogens is 642 g/mol. The molecule has 0 spiro atoms. The van der Waals surface area contributed by atoms with Gasteiger partial charge >= 0.3 is 0 Å². The summed E-state index contributed by atoms with van der Waals surface area (Å²) in [4.78, 5) is 52.6. The molecule has 1 atom stereocenters. The van der Waals surface area contributed by atoms with Crippen LogP contribution in [0.1, 0.15) is 54.1 Å². The molecule has 228 valence electrons. The lowest BCUT2D eigenvalue weighted by Gasteiger charge is -2.31. The summed E-state index contributed by atoms with van der Waals surface area (Å²) in [6.07, 6.45) is 0. The molecule has 1 unspecified atom stereocenters. The molecular formula is C34H28BrN3O7. The van der Waals surface area contributed by atoms with Gasteiger partial charge in [-0.1, -0.05) is 42.5 Å². The Hall–Kier alpha value is -5.00. The molecule has 1 aliphatic rings. The minimum Gasteiger partial charge on any atom is -0.497 e. The summed E-state index contributed by atoms with van der Waals surface area (Å²) in [5, 5.41) is 1.57. The summed E-state index contributed by atoms with van der Waals surface area (Å²) in [5.74, 6) is -0.312. The van der Waals surface area contributed by atoms with Crippen LogP contribution in [0.25, 0.3) is 11.0 Å². The van der Waals surface area contributed by atoms with Crippen molar-refractivity contribution in [1.82, 2.24) is 14.9 Å². The van der Waals surface area contributed by atoms with Gasteiger partial charge in [-0.15, -0.1) is 5.06 Å². The lowest BCUT2D eigenvalue weighted by molar-refractivity contribution is -0.108. The van der Waals surface area contributed by atoms with Gasteiger partial charge in [-0.05, 0) is 76.4 Å². The third-order valence-electron chi connectivity index (χ3n) is 7.58. The number of furan rings is 1. The van der Waals surface area contributed by atoms with E-state index in [1.165, 1.54) is 7.11 Å². The van der Waals surface area contributed by atoms with Crippen molar-refractivity contribution in [1.29, 1.82) is 0 Å². The second-order valence-corrected chi connectivity index (χ2v) is 11.2. The molecule has 5 aromatic rings. The summed E-state index contributed by atoms with van der Waals surface area (Å²) >= 11 is 3.39. The summed E-state index contributed by atoms with van der Waals surface area (Å²) < 4.78 is 17.6. The van der Waals surface area contributed by atoms with Crippen molar-refractivity contribution in [3.8, 4) is 11.6 Å². The van der Waals surface area contributed by atoms with Crippen LogP contribution < -0.4 is 9.47 Å². The number of hydroxylamine groups is 2. The van der Waals surface area contributed by atoms with Crippen LogP contribution in [-0.4, -0.2) is 53.5 Å². The van der Waals surface area contributed by atoms with Crippen molar-refractivity contribution in [3.63, 3.8) is 0 Å². The summed E-state index contributed by atoms with van der Waals surface area (Å²) in [6, 6.07) is 23.8. The molecule has 0 saturated heterocycles. The van der Waals surface area contributed by atoms with Gasteiger partial charge in [0, 0.05) is 11.9 Å². The van der Waals surface area contributed by atoms with Crippen molar-refractivity contribution >= 4 is 44.6 Å². The molecule has 10 nitrogen and oxygen atoms in total. The number of fused-ring (bicyclic) bond motifs is 2. The largest absolute Gasteiger partial charge is 0.497 e. The first-order valence-electron chi connectivity index (χ1n) is 14.0. The summed E-state index contributed by atoms with van der Waals surface area (Å²) in [5.41, 5.74) is 2.95. The van der Waals surface area contributed by atoms with E-state index in [2.05, 4.69) is 20.9 Å². The maximum atomic E-state index is 14.4. The Bertz CT molecular complexity index is 1890. The van der Waals surface area contributed by atoms with E-state index in [-0.39, 0.29) is 35.9 Å². The Morgan fingerprint density at radius 2 is 1.64 bits per heavy atom. The first kappa shape index (κ1) is 30.0. The summed E-state index contributed by atoms with van der Waals surface area (Å²) in [6.45, 7) is 1.76. The van der Waals surface area contributed by atoms with Crippen molar-refractivity contribution in [2.24, 2.45) is 0 Å². The van der Waals surface area contributed by atoms with Crippen molar-refractivity contribution < 1.29 is 33.1 Å². The average Bonchev–Trinajstić information content (AvgIpc) is 3.60. The highest BCUT2D eigenvalue weighted by molar-refractivity contribution is 9.10. The van der Waals surface area contributed by atoms with Crippen LogP contribution in [0, 0.1) is 6.92 Å². The standard InChI is InChI=1S/C34H28BrN3O7/c1-20-7-6-8-22-17-29(45-30(20)22)28(19-44-38-32(39)24-9-4-5-10-25(24)33(38)40)37(18-21-11-13-23(42-2)14-12-21)34(41)27-16-15-26(35)31(36-27)43-3/h4-17,28H,18-19H2,1-3H3. The van der Waals surface area contributed by atoms with Crippen LogP contribution in [0.15, 0.2) is 93.8 Å². The number of aryl methyl sites for hydroxylation is 1. The number of hydrogen-bond acceptors (Lipinski definition) is 8. The molecule has 3 aromatic carbocycles. The van der Waals surface area contributed by atoms with E-state index in [1.54, 1.807) is 60.5 Å². The van der Waals surface area contributed by atoms with Gasteiger partial charge in [-0.2, -0.15) is 0 Å². The number of aromatic nitrogens is 1. The number of ether oxygens (including phenoxy) is 2. The number of hydrogen-bond donors (Lipinski definition) is 0. The van der Waals surface area contributed by atoms with Gasteiger partial charge in [0.25, 0.3) is 17.7 Å². The molecule has 6 rings (SSSR count). The second kappa shape index (κ2) is 12.5. The van der Waals surface area contributed by atoms with Crippen LogP contribution >= 0.6 is 15.9 Å². The molecule has 0 aliphatic carbocycles. The van der Waals surface area contributed by atoms with Gasteiger partial charge in [-0.3, -0.25) is 19.2 Å². The van der Waals surface area contributed by atoms with Gasteiger partial charge in [0.15, 0.2) is 0 Å². The molecule has 11 heteroatoms. The minimum atomic E-state index is -0.896. The smallest absolute Gasteiger partial charge is 0.285 e. The van der Waals surface area contributed by atoms with E-state index in [0.29, 0.717) is 21.6 Å². The molecule has 0 fully saturated rings. The molecule has 0 bridgehead atoms. The zero-order valence-electron chi connectivity index (χ0n) is 24.7. The van der Waals surface area contributed by atoms with E-state index in [9.17, 15) is 14.4 Å². The van der Waals surface area contributed by atoms with E-state index < -0.39 is 23.8 Å². The number of benzene rings is 3. The highest BCUT2D eigenvalue weighted by Crippen LogP contribution is 2.34. The number of halogens is 1. The monoisotopic (exact) mass is 669 g/mol. The number of nitrogens with zero attached hydrogens (tertiary/aromatic N) is 3. The Morgan fingerprint density at radius 3 is 2.29 bits per heavy atom. The first-order valence-corrected chi connectivity index (χ1v) is 14.8. The van der Waals surface area contributed by atoms with E-state index in [0.717, 1.165) is 21.6 Å². The van der Waals surface area contributed by atoms with Crippen LogP contribution in [0.4, 0.5) is 0 Å². The van der Waals surface area contributed by atoms with Crippen molar-refractivity contribution in [2.45, 2.75) is 19.5 Å². The third kappa shape index (κ3) is 5.79. The molecule has 3 amide bonds. The molecule has 1 aliphatic heterocycles. The highest BCUT2D eigenvalue weighted by Gasteiger charge is 2.39. The van der Waals surface area contributed by atoms with Crippen LogP contribution in [0.3, 0.4) is 0 Å². The number of methoxy groups -OCH3 is 2. The Balaban J connectivity index is 1.43. The Kier molecular flexibility index (Phi) is 8.38. The Morgan fingerprint density at radius 1 is 0.933 bits per heavy atom. The lowest BCUT2D eigenvalue weighted by atomic mass is 10.1. The molecule has 0 N–H and O–H groups in total. The molecule has 0 saturated carbocycles. The number of carbonyl (C=O) groups is 3. The fourth-order valence-electron chi connectivity index (χ4n) is 5.23. The topological polar surface area (TPSA) is 111 Å². The van der Waals surface area contributed by atoms with Gasteiger partial charge < -0.3 is 18.8 Å². The number of imide groups is 1. The predicted octanol–water partition coefficient (Wildman–Crippen LogP) is 6.53. The third-order valence-corrected chi connectivity index (χ3v) is 8.19. The number of carbonyl (C=O) groups excluding carboxylic acids is 3. The van der Waals surface area contributed by atoms with E-state index >= 15 is 0 Å². The highest BCUT2D eigenvalue weighted by atomic mass is 79.9. The number of para-hydroxylation sites is 1. The van der Waals surface area contributed by atoms with Gasteiger partial charge in [0.2, 0.25) is 5.88 Å². The van der Waals surface area contributed by atoms with Crippen molar-refractivity contribution in [3.05, 3.63) is 123 Å². The zero-order chi connectivity index (χ0) is 31.7. The molecule has 2 aromatic heterocycles. The van der Waals surface area contributed by atoms with Gasteiger partial charge in [0.05, 0.1) is 29.8 Å². The predicted molar refractivity (Wildman–Crippen MR) is 168 cm³/mol. The maximum absolute atomic E-state index is 14.4. The van der Waals surface area contributed by atoms with Crippen molar-refractivity contribution in [2.75, 3.05) is 20.8 Å². The van der Waals surface area contributed by atoms with E-state index in [4.69, 9.17) is 18.7 Å². The van der Waals surface area contributed by atoms with Gasteiger partial charge in [0.1, 0.15) is 35.4 Å².